The predicted octanol–water partition coefficient (Wildman–Crippen LogP) is 2.79. The van der Waals surface area contributed by atoms with E-state index in [0.29, 0.717) is 11.4 Å². The highest BCUT2D eigenvalue weighted by atomic mass is 19.1. The molecule has 5 heteroatoms. The Morgan fingerprint density at radius 1 is 1.32 bits per heavy atom. The van der Waals surface area contributed by atoms with E-state index >= 15 is 0 Å². The first kappa shape index (κ1) is 13.0. The van der Waals surface area contributed by atoms with Gasteiger partial charge in [-0.2, -0.15) is 0 Å². The van der Waals surface area contributed by atoms with Crippen LogP contribution in [0.3, 0.4) is 0 Å². The van der Waals surface area contributed by atoms with Crippen molar-refractivity contribution in [3.63, 3.8) is 0 Å². The summed E-state index contributed by atoms with van der Waals surface area (Å²) in [5.74, 6) is -0.784. The monoisotopic (exact) mass is 260 g/mol. The normalized spacial score (nSPS) is 10.1. The highest BCUT2D eigenvalue weighted by Crippen LogP contribution is 2.17. The zero-order valence-corrected chi connectivity index (χ0v) is 10.6. The van der Waals surface area contributed by atoms with E-state index in [4.69, 9.17) is 4.74 Å². The van der Waals surface area contributed by atoms with Gasteiger partial charge in [0.15, 0.2) is 0 Å². The lowest BCUT2D eigenvalue weighted by Crippen LogP contribution is -2.14. The van der Waals surface area contributed by atoms with Crippen LogP contribution in [-0.2, 0) is 0 Å². The average molecular weight is 260 g/mol. The molecule has 2 rings (SSSR count). The van der Waals surface area contributed by atoms with Crippen LogP contribution in [0, 0.1) is 12.7 Å². The second-order valence-electron chi connectivity index (χ2n) is 3.99. The number of nitrogens with one attached hydrogen (secondary N) is 1. The lowest BCUT2D eigenvalue weighted by Gasteiger charge is -2.07. The lowest BCUT2D eigenvalue weighted by atomic mass is 10.2. The van der Waals surface area contributed by atoms with Crippen LogP contribution < -0.4 is 10.1 Å². The third-order valence-corrected chi connectivity index (χ3v) is 2.59. The molecule has 0 aliphatic carbocycles. The Morgan fingerprint density at radius 2 is 2.11 bits per heavy atom. The number of carbonyl (C=O) groups is 1. The summed E-state index contributed by atoms with van der Waals surface area (Å²) in [5.41, 5.74) is 1.32. The van der Waals surface area contributed by atoms with Crippen molar-refractivity contribution in [2.24, 2.45) is 0 Å². The minimum Gasteiger partial charge on any atom is -0.497 e. The van der Waals surface area contributed by atoms with Gasteiger partial charge in [0.1, 0.15) is 11.6 Å². The molecule has 0 aliphatic heterocycles. The molecule has 1 heterocycles. The number of anilines is 1. The number of rotatable bonds is 3. The topological polar surface area (TPSA) is 51.2 Å². The van der Waals surface area contributed by atoms with Gasteiger partial charge in [-0.05, 0) is 31.2 Å². The summed E-state index contributed by atoms with van der Waals surface area (Å²) < 4.78 is 18.6. The third kappa shape index (κ3) is 3.07. The van der Waals surface area contributed by atoms with Gasteiger partial charge in [-0.25, -0.2) is 4.39 Å². The van der Waals surface area contributed by atoms with Crippen molar-refractivity contribution < 1.29 is 13.9 Å². The number of carbonyl (C=O) groups excluding carboxylic acids is 1. The van der Waals surface area contributed by atoms with Crippen molar-refractivity contribution in [1.29, 1.82) is 0 Å². The highest BCUT2D eigenvalue weighted by Gasteiger charge is 2.12. The number of methoxy groups -OCH3 is 1. The molecule has 0 bridgehead atoms. The molecule has 1 amide bonds. The lowest BCUT2D eigenvalue weighted by molar-refractivity contribution is 0.102. The number of aryl methyl sites for hydroxylation is 1. The van der Waals surface area contributed by atoms with E-state index < -0.39 is 11.7 Å². The van der Waals surface area contributed by atoms with Crippen LogP contribution in [0.5, 0.6) is 5.75 Å². The molecular formula is C14H13FN2O2. The van der Waals surface area contributed by atoms with Crippen molar-refractivity contribution in [3.05, 3.63) is 53.6 Å². The van der Waals surface area contributed by atoms with Gasteiger partial charge < -0.3 is 10.1 Å². The van der Waals surface area contributed by atoms with Gasteiger partial charge in [0.25, 0.3) is 5.91 Å². The second kappa shape index (κ2) is 5.48. The van der Waals surface area contributed by atoms with E-state index in [1.165, 1.54) is 31.5 Å². The van der Waals surface area contributed by atoms with Crippen molar-refractivity contribution in [2.45, 2.75) is 6.92 Å². The number of ether oxygens (including phenoxy) is 1. The Balaban J connectivity index is 2.18. The average Bonchev–Trinajstić information content (AvgIpc) is 2.41. The summed E-state index contributed by atoms with van der Waals surface area (Å²) in [6.07, 6.45) is 1.52. The quantitative estimate of drug-likeness (QED) is 0.923. The van der Waals surface area contributed by atoms with E-state index in [0.717, 1.165) is 5.69 Å². The zero-order valence-electron chi connectivity index (χ0n) is 10.6. The van der Waals surface area contributed by atoms with Crippen LogP contribution >= 0.6 is 0 Å². The SMILES string of the molecule is COc1ccc(C(=O)Nc2ccc(C)nc2)c(F)c1. The fourth-order valence-corrected chi connectivity index (χ4v) is 1.55. The Morgan fingerprint density at radius 3 is 2.68 bits per heavy atom. The van der Waals surface area contributed by atoms with Gasteiger partial charge in [-0.3, -0.25) is 9.78 Å². The first-order chi connectivity index (χ1) is 9.10. The number of hydrogen-bond acceptors (Lipinski definition) is 3. The maximum absolute atomic E-state index is 13.7. The van der Waals surface area contributed by atoms with E-state index in [1.807, 2.05) is 6.92 Å². The fourth-order valence-electron chi connectivity index (χ4n) is 1.55. The largest absolute Gasteiger partial charge is 0.497 e. The van der Waals surface area contributed by atoms with E-state index in [2.05, 4.69) is 10.3 Å². The standard InChI is InChI=1S/C14H13FN2O2/c1-9-3-4-10(8-16-9)17-14(18)12-6-5-11(19-2)7-13(12)15/h3-8H,1-2H3,(H,17,18). The second-order valence-corrected chi connectivity index (χ2v) is 3.99. The molecule has 98 valence electrons. The van der Waals surface area contributed by atoms with Crippen LogP contribution in [0.15, 0.2) is 36.5 Å². The van der Waals surface area contributed by atoms with Crippen molar-refractivity contribution >= 4 is 11.6 Å². The minimum absolute atomic E-state index is 0.0404. The predicted molar refractivity (Wildman–Crippen MR) is 69.9 cm³/mol. The molecule has 0 fully saturated rings. The first-order valence-electron chi connectivity index (χ1n) is 5.67. The molecule has 0 radical (unpaired) electrons. The zero-order chi connectivity index (χ0) is 13.8. The Labute approximate surface area is 110 Å². The molecule has 0 atom stereocenters. The minimum atomic E-state index is -0.628. The number of nitrogens with zero attached hydrogens (tertiary/aromatic N) is 1. The molecule has 0 spiro atoms. The Hall–Kier alpha value is -2.43. The van der Waals surface area contributed by atoms with Crippen LogP contribution in [0.25, 0.3) is 0 Å². The van der Waals surface area contributed by atoms with E-state index in [9.17, 15) is 9.18 Å². The summed E-state index contributed by atoms with van der Waals surface area (Å²) in [6.45, 7) is 1.84. The van der Waals surface area contributed by atoms with Crippen molar-refractivity contribution in [2.75, 3.05) is 12.4 Å². The van der Waals surface area contributed by atoms with Crippen LogP contribution in [0.2, 0.25) is 0 Å². The maximum atomic E-state index is 13.7. The molecule has 1 aromatic carbocycles. The summed E-state index contributed by atoms with van der Waals surface area (Å²) in [5, 5.41) is 2.58. The Kier molecular flexibility index (Phi) is 3.75. The van der Waals surface area contributed by atoms with Gasteiger partial charge in [0, 0.05) is 11.8 Å². The summed E-state index contributed by atoms with van der Waals surface area (Å²) in [7, 11) is 1.44. The van der Waals surface area contributed by atoms with E-state index in [1.54, 1.807) is 12.1 Å². The van der Waals surface area contributed by atoms with Crippen molar-refractivity contribution in [3.8, 4) is 5.75 Å². The van der Waals surface area contributed by atoms with Crippen LogP contribution in [-0.4, -0.2) is 18.0 Å². The van der Waals surface area contributed by atoms with Crippen molar-refractivity contribution in [1.82, 2.24) is 4.98 Å². The Bertz CT molecular complexity index is 597. The van der Waals surface area contributed by atoms with Crippen LogP contribution in [0.4, 0.5) is 10.1 Å². The van der Waals surface area contributed by atoms with E-state index in [-0.39, 0.29) is 5.56 Å². The molecule has 19 heavy (non-hydrogen) atoms. The fraction of sp³-hybridized carbons (Fsp3) is 0.143. The molecular weight excluding hydrogens is 247 g/mol. The van der Waals surface area contributed by atoms with Crippen LogP contribution in [0.1, 0.15) is 16.1 Å². The summed E-state index contributed by atoms with van der Waals surface area (Å²) >= 11 is 0. The number of hydrogen-bond donors (Lipinski definition) is 1. The molecule has 1 N–H and O–H groups in total. The summed E-state index contributed by atoms with van der Waals surface area (Å²) in [4.78, 5) is 15.9. The van der Waals surface area contributed by atoms with Gasteiger partial charge >= 0.3 is 0 Å². The van der Waals surface area contributed by atoms with Gasteiger partial charge in [-0.15, -0.1) is 0 Å². The molecule has 0 saturated carbocycles. The molecule has 0 saturated heterocycles. The number of halogens is 1. The molecule has 2 aromatic rings. The molecule has 0 aliphatic rings. The third-order valence-electron chi connectivity index (χ3n) is 2.59. The number of aromatic nitrogens is 1. The van der Waals surface area contributed by atoms with Gasteiger partial charge in [0.05, 0.1) is 24.6 Å². The summed E-state index contributed by atoms with van der Waals surface area (Å²) in [6, 6.07) is 7.56. The maximum Gasteiger partial charge on any atom is 0.258 e. The number of pyridine rings is 1. The number of amides is 1. The molecule has 4 nitrogen and oxygen atoms in total. The highest BCUT2D eigenvalue weighted by molar-refractivity contribution is 6.04. The smallest absolute Gasteiger partial charge is 0.258 e. The van der Waals surface area contributed by atoms with Gasteiger partial charge in [-0.1, -0.05) is 0 Å². The van der Waals surface area contributed by atoms with Gasteiger partial charge in [0.2, 0.25) is 0 Å². The molecule has 0 unspecified atom stereocenters. The number of benzene rings is 1. The molecule has 1 aromatic heterocycles. The first-order valence-corrected chi connectivity index (χ1v) is 5.67.